The number of hydrogen-bond donors (Lipinski definition) is 3. The van der Waals surface area contributed by atoms with Crippen LogP contribution in [0.25, 0.3) is 11.1 Å². The van der Waals surface area contributed by atoms with Crippen LogP contribution in [0.2, 0.25) is 0 Å². The zero-order chi connectivity index (χ0) is 24.7. The summed E-state index contributed by atoms with van der Waals surface area (Å²) in [4.78, 5) is 37.0. The lowest BCUT2D eigenvalue weighted by atomic mass is 9.98. The monoisotopic (exact) mass is 484 g/mol. The van der Waals surface area contributed by atoms with Crippen molar-refractivity contribution in [1.82, 2.24) is 10.6 Å². The summed E-state index contributed by atoms with van der Waals surface area (Å²) in [6, 6.07) is 14.2. The Morgan fingerprint density at radius 3 is 2.09 bits per heavy atom. The molecule has 1 aliphatic rings. The number of aliphatic carboxylic acids is 1. The van der Waals surface area contributed by atoms with Gasteiger partial charge in [-0.05, 0) is 53.0 Å². The number of hydrogen-bond acceptors (Lipinski definition) is 5. The second-order valence-corrected chi connectivity index (χ2v) is 9.82. The minimum Gasteiger partial charge on any atom is -0.480 e. The lowest BCUT2D eigenvalue weighted by Crippen LogP contribution is -2.52. The number of benzene rings is 2. The van der Waals surface area contributed by atoms with Gasteiger partial charge in [-0.2, -0.15) is 11.8 Å². The molecule has 0 saturated carbocycles. The minimum atomic E-state index is -1.09. The van der Waals surface area contributed by atoms with E-state index in [0.717, 1.165) is 22.3 Å². The first-order valence-corrected chi connectivity index (χ1v) is 12.8. The largest absolute Gasteiger partial charge is 0.480 e. The van der Waals surface area contributed by atoms with E-state index in [-0.39, 0.29) is 18.4 Å². The second-order valence-electron chi connectivity index (χ2n) is 8.83. The third-order valence-electron chi connectivity index (χ3n) is 5.88. The van der Waals surface area contributed by atoms with Crippen molar-refractivity contribution in [2.75, 3.05) is 18.6 Å². The first-order valence-electron chi connectivity index (χ1n) is 11.5. The molecule has 2 atom stereocenters. The number of carboxylic acid groups (broad SMARTS) is 1. The van der Waals surface area contributed by atoms with Crippen LogP contribution in [-0.4, -0.2) is 53.8 Å². The molecule has 3 N–H and O–H groups in total. The van der Waals surface area contributed by atoms with Crippen molar-refractivity contribution < 1.29 is 24.2 Å². The normalized spacial score (nSPS) is 14.1. The van der Waals surface area contributed by atoms with E-state index < -0.39 is 30.1 Å². The van der Waals surface area contributed by atoms with Gasteiger partial charge >= 0.3 is 12.1 Å². The molecule has 3 rings (SSSR count). The van der Waals surface area contributed by atoms with Crippen LogP contribution in [0.1, 0.15) is 43.7 Å². The van der Waals surface area contributed by atoms with Crippen LogP contribution in [0.15, 0.2) is 48.5 Å². The molecule has 0 aromatic heterocycles. The number of alkyl carbamates (subject to hydrolysis) is 1. The molecular formula is C26H32N2O5S. The molecule has 2 aromatic carbocycles. The summed E-state index contributed by atoms with van der Waals surface area (Å²) in [6.45, 7) is 4.01. The van der Waals surface area contributed by atoms with Crippen molar-refractivity contribution in [2.24, 2.45) is 5.92 Å². The molecule has 0 heterocycles. The molecule has 0 saturated heterocycles. The Bertz CT molecular complexity index is 980. The van der Waals surface area contributed by atoms with Crippen molar-refractivity contribution in [3.8, 4) is 11.1 Å². The lowest BCUT2D eigenvalue weighted by Gasteiger charge is -2.23. The molecule has 1 aliphatic carbocycles. The highest BCUT2D eigenvalue weighted by Gasteiger charge is 2.31. The molecule has 0 spiro atoms. The van der Waals surface area contributed by atoms with Crippen LogP contribution in [0.3, 0.4) is 0 Å². The zero-order valence-corrected chi connectivity index (χ0v) is 20.6. The van der Waals surface area contributed by atoms with Crippen LogP contribution >= 0.6 is 11.8 Å². The number of carboxylic acids is 1. The number of rotatable bonds is 11. The average molecular weight is 485 g/mol. The number of carbonyl (C=O) groups excluding carboxylic acids is 2. The molecule has 0 radical (unpaired) electrons. The summed E-state index contributed by atoms with van der Waals surface area (Å²) in [6.07, 6.45) is 1.85. The van der Waals surface area contributed by atoms with E-state index in [4.69, 9.17) is 4.74 Å². The number of nitrogens with one attached hydrogen (secondary N) is 2. The number of thioether (sulfide) groups is 1. The number of carbonyl (C=O) groups is 3. The fraction of sp³-hybridized carbons (Fsp3) is 0.423. The fourth-order valence-electron chi connectivity index (χ4n) is 4.25. The summed E-state index contributed by atoms with van der Waals surface area (Å²) >= 11 is 1.51. The summed E-state index contributed by atoms with van der Waals surface area (Å²) < 4.78 is 5.57. The van der Waals surface area contributed by atoms with Gasteiger partial charge in [-0.3, -0.25) is 4.79 Å². The van der Waals surface area contributed by atoms with E-state index >= 15 is 0 Å². The van der Waals surface area contributed by atoms with E-state index in [0.29, 0.717) is 18.6 Å². The van der Waals surface area contributed by atoms with Crippen LogP contribution < -0.4 is 10.6 Å². The molecule has 0 fully saturated rings. The first kappa shape index (κ1) is 25.6. The van der Waals surface area contributed by atoms with E-state index in [1.807, 2.05) is 56.5 Å². The third-order valence-corrected chi connectivity index (χ3v) is 6.53. The Hall–Kier alpha value is -3.00. The quantitative estimate of drug-likeness (QED) is 0.440. The van der Waals surface area contributed by atoms with E-state index in [9.17, 15) is 19.5 Å². The lowest BCUT2D eigenvalue weighted by molar-refractivity contribution is -0.142. The molecule has 0 aliphatic heterocycles. The highest BCUT2D eigenvalue weighted by atomic mass is 32.2. The van der Waals surface area contributed by atoms with Gasteiger partial charge in [0.05, 0.1) is 0 Å². The number of fused-ring (bicyclic) bond motifs is 3. The molecule has 2 aromatic rings. The molecule has 7 nitrogen and oxygen atoms in total. The summed E-state index contributed by atoms with van der Waals surface area (Å²) in [5, 5.41) is 14.6. The van der Waals surface area contributed by atoms with Gasteiger partial charge in [0.15, 0.2) is 0 Å². The third kappa shape index (κ3) is 6.32. The average Bonchev–Trinajstić information content (AvgIpc) is 3.13. The minimum absolute atomic E-state index is 0.0848. The smallest absolute Gasteiger partial charge is 0.407 e. The van der Waals surface area contributed by atoms with E-state index in [1.54, 1.807) is 0 Å². The predicted octanol–water partition coefficient (Wildman–Crippen LogP) is 4.26. The van der Waals surface area contributed by atoms with E-state index in [1.165, 1.54) is 11.8 Å². The highest BCUT2D eigenvalue weighted by molar-refractivity contribution is 7.98. The Morgan fingerprint density at radius 2 is 1.56 bits per heavy atom. The summed E-state index contributed by atoms with van der Waals surface area (Å²) in [7, 11) is 0. The standard InChI is InChI=1S/C26H32N2O5S/c1-16(2)14-23(24(29)27-22(25(30)31)12-13-34-3)28-26(32)33-15-21-19-10-6-4-8-17(19)18-9-5-7-11-20(18)21/h4-11,16,21-23H,12-15H2,1-3H3,(H,27,29)(H,28,32)(H,30,31)/t22-,23+/m0/s1. The molecule has 0 bridgehead atoms. The van der Waals surface area contributed by atoms with Gasteiger partial charge in [0.25, 0.3) is 0 Å². The molecule has 8 heteroatoms. The molecular weight excluding hydrogens is 452 g/mol. The van der Waals surface area contributed by atoms with Crippen molar-refractivity contribution in [2.45, 2.75) is 44.7 Å². The predicted molar refractivity (Wildman–Crippen MR) is 134 cm³/mol. The first-order chi connectivity index (χ1) is 16.3. The Labute approximate surface area is 204 Å². The topological polar surface area (TPSA) is 105 Å². The Morgan fingerprint density at radius 1 is 0.971 bits per heavy atom. The number of amides is 2. The molecule has 182 valence electrons. The van der Waals surface area contributed by atoms with Gasteiger partial charge in [0, 0.05) is 5.92 Å². The van der Waals surface area contributed by atoms with Crippen molar-refractivity contribution in [3.63, 3.8) is 0 Å². The molecule has 0 unspecified atom stereocenters. The SMILES string of the molecule is CSCC[C@H](NC(=O)[C@@H](CC(C)C)NC(=O)OCC1c2ccccc2-c2ccccc21)C(=O)O. The highest BCUT2D eigenvalue weighted by Crippen LogP contribution is 2.44. The van der Waals surface area contributed by atoms with Gasteiger partial charge in [-0.1, -0.05) is 62.4 Å². The van der Waals surface area contributed by atoms with Gasteiger partial charge < -0.3 is 20.5 Å². The zero-order valence-electron chi connectivity index (χ0n) is 19.7. The fourth-order valence-corrected chi connectivity index (χ4v) is 4.72. The molecule has 2 amide bonds. The van der Waals surface area contributed by atoms with Crippen molar-refractivity contribution >= 4 is 29.7 Å². The van der Waals surface area contributed by atoms with Gasteiger partial charge in [-0.25, -0.2) is 9.59 Å². The van der Waals surface area contributed by atoms with Gasteiger partial charge in [0.2, 0.25) is 5.91 Å². The summed E-state index contributed by atoms with van der Waals surface area (Å²) in [5.74, 6) is -0.980. The van der Waals surface area contributed by atoms with Crippen LogP contribution in [0.5, 0.6) is 0 Å². The number of ether oxygens (including phenoxy) is 1. The van der Waals surface area contributed by atoms with E-state index in [2.05, 4.69) is 22.8 Å². The second kappa shape index (κ2) is 11.9. The van der Waals surface area contributed by atoms with Gasteiger partial charge in [-0.15, -0.1) is 0 Å². The Balaban J connectivity index is 1.65. The van der Waals surface area contributed by atoms with Crippen LogP contribution in [0, 0.1) is 5.92 Å². The Kier molecular flexibility index (Phi) is 8.98. The van der Waals surface area contributed by atoms with Crippen molar-refractivity contribution in [3.05, 3.63) is 59.7 Å². The molecule has 34 heavy (non-hydrogen) atoms. The van der Waals surface area contributed by atoms with Crippen LogP contribution in [-0.2, 0) is 14.3 Å². The van der Waals surface area contributed by atoms with Crippen LogP contribution in [0.4, 0.5) is 4.79 Å². The maximum atomic E-state index is 12.8. The van der Waals surface area contributed by atoms with Gasteiger partial charge in [0.1, 0.15) is 18.7 Å². The summed E-state index contributed by atoms with van der Waals surface area (Å²) in [5.41, 5.74) is 4.47. The van der Waals surface area contributed by atoms with Crippen molar-refractivity contribution in [1.29, 1.82) is 0 Å². The maximum Gasteiger partial charge on any atom is 0.407 e. The maximum absolute atomic E-state index is 12.8.